The first-order chi connectivity index (χ1) is 5.69. The Hall–Kier alpha value is -1.76. The van der Waals surface area contributed by atoms with Crippen molar-refractivity contribution in [1.29, 1.82) is 5.26 Å². The minimum Gasteiger partial charge on any atom is -0.494 e. The standard InChI is InChI=1S/C8H7FN2O/c1-12-7-3-5(4-10)2-6(11)8(7)9/h2-3H,11H2,1H3. The van der Waals surface area contributed by atoms with Gasteiger partial charge in [0.15, 0.2) is 11.6 Å². The van der Waals surface area contributed by atoms with Gasteiger partial charge in [0, 0.05) is 6.07 Å². The lowest BCUT2D eigenvalue weighted by atomic mass is 10.2. The van der Waals surface area contributed by atoms with Crippen LogP contribution in [0.4, 0.5) is 10.1 Å². The Balaban J connectivity index is 3.31. The summed E-state index contributed by atoms with van der Waals surface area (Å²) in [4.78, 5) is 0. The zero-order valence-corrected chi connectivity index (χ0v) is 6.47. The van der Waals surface area contributed by atoms with Crippen LogP contribution >= 0.6 is 0 Å². The molecule has 1 rings (SSSR count). The third-order valence-corrected chi connectivity index (χ3v) is 1.42. The zero-order valence-electron chi connectivity index (χ0n) is 6.47. The van der Waals surface area contributed by atoms with Crippen molar-refractivity contribution in [2.75, 3.05) is 12.8 Å². The van der Waals surface area contributed by atoms with Crippen LogP contribution in [0, 0.1) is 17.1 Å². The van der Waals surface area contributed by atoms with Gasteiger partial charge >= 0.3 is 0 Å². The molecule has 0 aromatic heterocycles. The molecule has 1 aromatic carbocycles. The highest BCUT2D eigenvalue weighted by atomic mass is 19.1. The molecule has 3 nitrogen and oxygen atoms in total. The van der Waals surface area contributed by atoms with Crippen molar-refractivity contribution in [2.45, 2.75) is 0 Å². The second-order valence-corrected chi connectivity index (χ2v) is 2.19. The van der Waals surface area contributed by atoms with Crippen molar-refractivity contribution < 1.29 is 9.13 Å². The van der Waals surface area contributed by atoms with E-state index < -0.39 is 5.82 Å². The Kier molecular flexibility index (Phi) is 2.15. The summed E-state index contributed by atoms with van der Waals surface area (Å²) in [7, 11) is 1.32. The Morgan fingerprint density at radius 1 is 1.58 bits per heavy atom. The van der Waals surface area contributed by atoms with E-state index in [2.05, 4.69) is 4.74 Å². The van der Waals surface area contributed by atoms with Gasteiger partial charge in [-0.2, -0.15) is 5.26 Å². The van der Waals surface area contributed by atoms with Gasteiger partial charge in [0.2, 0.25) is 0 Å². The maximum Gasteiger partial charge on any atom is 0.187 e. The molecule has 0 aliphatic rings. The van der Waals surface area contributed by atoms with E-state index in [9.17, 15) is 4.39 Å². The van der Waals surface area contributed by atoms with Gasteiger partial charge in [0.1, 0.15) is 0 Å². The highest BCUT2D eigenvalue weighted by Crippen LogP contribution is 2.23. The molecule has 2 N–H and O–H groups in total. The third kappa shape index (κ3) is 1.30. The molecule has 4 heteroatoms. The Morgan fingerprint density at radius 2 is 2.25 bits per heavy atom. The molecule has 0 aliphatic heterocycles. The van der Waals surface area contributed by atoms with Gasteiger partial charge in [-0.05, 0) is 6.07 Å². The lowest BCUT2D eigenvalue weighted by molar-refractivity contribution is 0.387. The summed E-state index contributed by atoms with van der Waals surface area (Å²) in [5, 5.41) is 8.49. The van der Waals surface area contributed by atoms with Crippen LogP contribution in [0.3, 0.4) is 0 Å². The number of methoxy groups -OCH3 is 1. The van der Waals surface area contributed by atoms with Crippen molar-refractivity contribution in [1.82, 2.24) is 0 Å². The molecule has 0 saturated carbocycles. The highest BCUT2D eigenvalue weighted by Gasteiger charge is 2.07. The van der Waals surface area contributed by atoms with E-state index in [4.69, 9.17) is 11.0 Å². The molecular formula is C8H7FN2O. The van der Waals surface area contributed by atoms with Crippen LogP contribution in [0.2, 0.25) is 0 Å². The predicted molar refractivity (Wildman–Crippen MR) is 42.1 cm³/mol. The second-order valence-electron chi connectivity index (χ2n) is 2.19. The van der Waals surface area contributed by atoms with Gasteiger partial charge in [0.05, 0.1) is 24.4 Å². The summed E-state index contributed by atoms with van der Waals surface area (Å²) >= 11 is 0. The molecule has 12 heavy (non-hydrogen) atoms. The lowest BCUT2D eigenvalue weighted by Gasteiger charge is -2.03. The monoisotopic (exact) mass is 166 g/mol. The third-order valence-electron chi connectivity index (χ3n) is 1.42. The van der Waals surface area contributed by atoms with Gasteiger partial charge < -0.3 is 10.5 Å². The van der Waals surface area contributed by atoms with Gasteiger partial charge in [-0.25, -0.2) is 4.39 Å². The zero-order chi connectivity index (χ0) is 9.14. The fourth-order valence-electron chi connectivity index (χ4n) is 0.832. The number of rotatable bonds is 1. The van der Waals surface area contributed by atoms with E-state index in [1.54, 1.807) is 0 Å². The van der Waals surface area contributed by atoms with E-state index >= 15 is 0 Å². The number of benzene rings is 1. The fourth-order valence-corrected chi connectivity index (χ4v) is 0.832. The van der Waals surface area contributed by atoms with Crippen LogP contribution in [0.25, 0.3) is 0 Å². The van der Waals surface area contributed by atoms with E-state index in [1.165, 1.54) is 19.2 Å². The molecule has 0 fully saturated rings. The summed E-state index contributed by atoms with van der Waals surface area (Å²) in [6.45, 7) is 0. The van der Waals surface area contributed by atoms with Crippen LogP contribution in [0.15, 0.2) is 12.1 Å². The maximum absolute atomic E-state index is 13.0. The molecule has 0 amide bonds. The highest BCUT2D eigenvalue weighted by molar-refractivity contribution is 5.52. The Morgan fingerprint density at radius 3 is 2.75 bits per heavy atom. The number of hydrogen-bond donors (Lipinski definition) is 1. The summed E-state index contributed by atoms with van der Waals surface area (Å²) in [5.74, 6) is -0.636. The summed E-state index contributed by atoms with van der Waals surface area (Å²) in [5.41, 5.74) is 5.47. The number of halogens is 1. The van der Waals surface area contributed by atoms with Gasteiger partial charge in [-0.3, -0.25) is 0 Å². The normalized spacial score (nSPS) is 9.08. The number of nitrogens with two attached hydrogens (primary N) is 1. The van der Waals surface area contributed by atoms with Crippen molar-refractivity contribution in [3.63, 3.8) is 0 Å². The Bertz CT molecular complexity index is 344. The quantitative estimate of drug-likeness (QED) is 0.639. The molecule has 0 radical (unpaired) electrons. The molecule has 62 valence electrons. The molecule has 0 saturated heterocycles. The van der Waals surface area contributed by atoms with Gasteiger partial charge in [-0.15, -0.1) is 0 Å². The number of anilines is 1. The van der Waals surface area contributed by atoms with Crippen LogP contribution in [0.5, 0.6) is 5.75 Å². The average molecular weight is 166 g/mol. The van der Waals surface area contributed by atoms with Crippen molar-refractivity contribution >= 4 is 5.69 Å². The van der Waals surface area contributed by atoms with E-state index in [0.717, 1.165) is 0 Å². The topological polar surface area (TPSA) is 59.0 Å². The lowest BCUT2D eigenvalue weighted by Crippen LogP contribution is -1.96. The van der Waals surface area contributed by atoms with E-state index in [0.29, 0.717) is 0 Å². The number of ether oxygens (including phenoxy) is 1. The summed E-state index contributed by atoms with van der Waals surface area (Å²) in [6, 6.07) is 4.40. The molecule has 0 atom stereocenters. The molecule has 0 heterocycles. The predicted octanol–water partition coefficient (Wildman–Crippen LogP) is 1.29. The first-order valence-corrected chi connectivity index (χ1v) is 3.22. The fraction of sp³-hybridized carbons (Fsp3) is 0.125. The smallest absolute Gasteiger partial charge is 0.187 e. The summed E-state index contributed by atoms with van der Waals surface area (Å²) in [6.07, 6.45) is 0. The first kappa shape index (κ1) is 8.34. The second kappa shape index (κ2) is 3.09. The molecule has 0 unspecified atom stereocenters. The minimum atomic E-state index is -0.628. The number of nitrogens with zero attached hydrogens (tertiary/aromatic N) is 1. The first-order valence-electron chi connectivity index (χ1n) is 3.22. The van der Waals surface area contributed by atoms with E-state index in [1.807, 2.05) is 6.07 Å². The molecule has 0 aliphatic carbocycles. The Labute approximate surface area is 69.2 Å². The van der Waals surface area contributed by atoms with Crippen molar-refractivity contribution in [3.8, 4) is 11.8 Å². The van der Waals surface area contributed by atoms with Crippen molar-refractivity contribution in [3.05, 3.63) is 23.5 Å². The largest absolute Gasteiger partial charge is 0.494 e. The number of nitrogen functional groups attached to an aromatic ring is 1. The van der Waals surface area contributed by atoms with Crippen LogP contribution < -0.4 is 10.5 Å². The number of hydrogen-bond acceptors (Lipinski definition) is 3. The summed E-state index contributed by atoms with van der Waals surface area (Å²) < 4.78 is 17.6. The molecular weight excluding hydrogens is 159 g/mol. The average Bonchev–Trinajstić information content (AvgIpc) is 2.09. The molecule has 0 bridgehead atoms. The molecule has 1 aromatic rings. The van der Waals surface area contributed by atoms with Crippen LogP contribution in [0.1, 0.15) is 5.56 Å². The van der Waals surface area contributed by atoms with E-state index in [-0.39, 0.29) is 17.0 Å². The van der Waals surface area contributed by atoms with Crippen LogP contribution in [-0.2, 0) is 0 Å². The number of nitriles is 1. The van der Waals surface area contributed by atoms with Gasteiger partial charge in [0.25, 0.3) is 0 Å². The maximum atomic E-state index is 13.0. The minimum absolute atomic E-state index is 0.00782. The van der Waals surface area contributed by atoms with Gasteiger partial charge in [-0.1, -0.05) is 0 Å². The van der Waals surface area contributed by atoms with Crippen molar-refractivity contribution in [2.24, 2.45) is 0 Å². The molecule has 0 spiro atoms. The SMILES string of the molecule is COc1cc(C#N)cc(N)c1F. The van der Waals surface area contributed by atoms with Crippen LogP contribution in [-0.4, -0.2) is 7.11 Å².